The predicted octanol–water partition coefficient (Wildman–Crippen LogP) is 1.66. The van der Waals surface area contributed by atoms with E-state index in [1.165, 1.54) is 11.1 Å². The largest absolute Gasteiger partial charge is 0.340 e. The minimum Gasteiger partial charge on any atom is -0.340 e. The maximum atomic E-state index is 12.4. The normalized spacial score (nSPS) is 21.8. The van der Waals surface area contributed by atoms with Crippen molar-refractivity contribution in [2.75, 3.05) is 6.54 Å². The minimum absolute atomic E-state index is 0.0156. The minimum atomic E-state index is -0.810. The average Bonchev–Trinajstić information content (AvgIpc) is 2.38. The summed E-state index contributed by atoms with van der Waals surface area (Å²) in [5, 5.41) is 2.76. The summed E-state index contributed by atoms with van der Waals surface area (Å²) >= 11 is 0. The van der Waals surface area contributed by atoms with Gasteiger partial charge in [-0.2, -0.15) is 0 Å². The first kappa shape index (κ1) is 14.6. The van der Waals surface area contributed by atoms with Gasteiger partial charge < -0.3 is 10.2 Å². The van der Waals surface area contributed by atoms with Crippen LogP contribution in [0.25, 0.3) is 0 Å². The summed E-state index contributed by atoms with van der Waals surface area (Å²) in [6, 6.07) is 7.73. The van der Waals surface area contributed by atoms with Gasteiger partial charge in [-0.15, -0.1) is 0 Å². The number of aryl methyl sites for hydroxylation is 1. The van der Waals surface area contributed by atoms with Gasteiger partial charge in [0.2, 0.25) is 11.8 Å². The lowest BCUT2D eigenvalue weighted by Crippen LogP contribution is -2.67. The third-order valence-corrected chi connectivity index (χ3v) is 3.96. The van der Waals surface area contributed by atoms with E-state index < -0.39 is 11.6 Å². The molecule has 2 amide bonds. The summed E-state index contributed by atoms with van der Waals surface area (Å²) < 4.78 is 0. The molecule has 1 N–H and O–H groups in total. The Morgan fingerprint density at radius 3 is 2.55 bits per heavy atom. The van der Waals surface area contributed by atoms with Crippen molar-refractivity contribution < 1.29 is 9.59 Å². The van der Waals surface area contributed by atoms with Crippen molar-refractivity contribution in [2.24, 2.45) is 0 Å². The van der Waals surface area contributed by atoms with Gasteiger partial charge in [0.1, 0.15) is 11.6 Å². The number of carbonyl (C=O) groups excluding carboxylic acids is 2. The lowest BCUT2D eigenvalue weighted by Gasteiger charge is -2.41. The maximum Gasteiger partial charge on any atom is 0.248 e. The first-order valence-corrected chi connectivity index (χ1v) is 7.00. The lowest BCUT2D eigenvalue weighted by molar-refractivity contribution is -0.152. The zero-order chi connectivity index (χ0) is 14.9. The molecule has 1 unspecified atom stereocenters. The van der Waals surface area contributed by atoms with Crippen LogP contribution in [-0.4, -0.2) is 34.8 Å². The molecular weight excluding hydrogens is 252 g/mol. The van der Waals surface area contributed by atoms with Crippen molar-refractivity contribution in [3.63, 3.8) is 0 Å². The quantitative estimate of drug-likeness (QED) is 0.911. The highest BCUT2D eigenvalue weighted by molar-refractivity contribution is 5.99. The van der Waals surface area contributed by atoms with Crippen LogP contribution >= 0.6 is 0 Å². The van der Waals surface area contributed by atoms with E-state index in [1.807, 2.05) is 12.1 Å². The van der Waals surface area contributed by atoms with Crippen LogP contribution in [0.1, 0.15) is 31.9 Å². The Morgan fingerprint density at radius 2 is 1.90 bits per heavy atom. The molecule has 1 aliphatic rings. The van der Waals surface area contributed by atoms with Gasteiger partial charge in [0.15, 0.2) is 0 Å². The first-order valence-electron chi connectivity index (χ1n) is 7.00. The molecule has 2 rings (SSSR count). The van der Waals surface area contributed by atoms with E-state index in [0.717, 1.165) is 6.42 Å². The summed E-state index contributed by atoms with van der Waals surface area (Å²) in [5.41, 5.74) is 1.62. The van der Waals surface area contributed by atoms with E-state index in [4.69, 9.17) is 0 Å². The maximum absolute atomic E-state index is 12.4. The molecule has 4 nitrogen and oxygen atoms in total. The van der Waals surface area contributed by atoms with Crippen molar-refractivity contribution >= 4 is 11.8 Å². The van der Waals surface area contributed by atoms with Crippen LogP contribution in [0.4, 0.5) is 0 Å². The van der Waals surface area contributed by atoms with Crippen molar-refractivity contribution in [1.29, 1.82) is 0 Å². The molecule has 20 heavy (non-hydrogen) atoms. The van der Waals surface area contributed by atoms with Crippen molar-refractivity contribution in [1.82, 2.24) is 10.2 Å². The zero-order valence-corrected chi connectivity index (χ0v) is 12.6. The predicted molar refractivity (Wildman–Crippen MR) is 78.3 cm³/mol. The number of hydrogen-bond acceptors (Lipinski definition) is 2. The standard InChI is InChI=1S/C16H22N2O2/c1-11-7-5-6-8-13(11)9-10-18-12(2)14(19)17-16(3,4)15(18)20/h5-8,12H,9-10H2,1-4H3,(H,17,19). The van der Waals surface area contributed by atoms with E-state index in [0.29, 0.717) is 6.54 Å². The molecule has 1 fully saturated rings. The SMILES string of the molecule is Cc1ccccc1CCN1C(=O)C(C)(C)NC(=O)C1C. The van der Waals surface area contributed by atoms with E-state index in [1.54, 1.807) is 25.7 Å². The highest BCUT2D eigenvalue weighted by Gasteiger charge is 2.42. The monoisotopic (exact) mass is 274 g/mol. The number of carbonyl (C=O) groups is 2. The Bertz CT molecular complexity index is 537. The van der Waals surface area contributed by atoms with Crippen LogP contribution in [0.3, 0.4) is 0 Å². The number of nitrogens with zero attached hydrogens (tertiary/aromatic N) is 1. The van der Waals surface area contributed by atoms with Crippen LogP contribution in [0.15, 0.2) is 24.3 Å². The van der Waals surface area contributed by atoms with Crippen LogP contribution in [0.5, 0.6) is 0 Å². The Labute approximate surface area is 120 Å². The topological polar surface area (TPSA) is 49.4 Å². The van der Waals surface area contributed by atoms with Gasteiger partial charge in [-0.05, 0) is 45.2 Å². The molecule has 0 aliphatic carbocycles. The Morgan fingerprint density at radius 1 is 1.25 bits per heavy atom. The highest BCUT2D eigenvalue weighted by atomic mass is 16.2. The Balaban J connectivity index is 2.13. The van der Waals surface area contributed by atoms with Crippen LogP contribution < -0.4 is 5.32 Å². The fraction of sp³-hybridized carbons (Fsp3) is 0.500. The molecule has 1 aliphatic heterocycles. The lowest BCUT2D eigenvalue weighted by atomic mass is 9.96. The molecule has 0 aromatic heterocycles. The smallest absolute Gasteiger partial charge is 0.248 e. The van der Waals surface area contributed by atoms with E-state index >= 15 is 0 Å². The average molecular weight is 274 g/mol. The molecule has 1 saturated heterocycles. The van der Waals surface area contributed by atoms with Crippen molar-refractivity contribution in [3.05, 3.63) is 35.4 Å². The van der Waals surface area contributed by atoms with Crippen molar-refractivity contribution in [2.45, 2.75) is 45.7 Å². The van der Waals surface area contributed by atoms with Gasteiger partial charge >= 0.3 is 0 Å². The van der Waals surface area contributed by atoms with Gasteiger partial charge in [-0.25, -0.2) is 0 Å². The number of benzene rings is 1. The third-order valence-electron chi connectivity index (χ3n) is 3.96. The molecule has 0 saturated carbocycles. The second kappa shape index (κ2) is 5.27. The molecular formula is C16H22N2O2. The number of piperazine rings is 1. The van der Waals surface area contributed by atoms with Gasteiger partial charge in [-0.1, -0.05) is 24.3 Å². The zero-order valence-electron chi connectivity index (χ0n) is 12.6. The highest BCUT2D eigenvalue weighted by Crippen LogP contribution is 2.19. The Hall–Kier alpha value is -1.84. The molecule has 1 atom stereocenters. The number of amides is 2. The molecule has 108 valence electrons. The van der Waals surface area contributed by atoms with Crippen LogP contribution in [-0.2, 0) is 16.0 Å². The summed E-state index contributed by atoms with van der Waals surface area (Å²) in [5.74, 6) is -0.0995. The molecule has 0 radical (unpaired) electrons. The fourth-order valence-corrected chi connectivity index (χ4v) is 2.57. The van der Waals surface area contributed by atoms with Crippen LogP contribution in [0, 0.1) is 6.92 Å². The number of rotatable bonds is 3. The molecule has 4 heteroatoms. The summed E-state index contributed by atoms with van der Waals surface area (Å²) in [6.07, 6.45) is 0.770. The molecule has 1 aromatic carbocycles. The number of hydrogen-bond donors (Lipinski definition) is 1. The second-order valence-corrected chi connectivity index (χ2v) is 5.97. The van der Waals surface area contributed by atoms with E-state index in [-0.39, 0.29) is 11.8 Å². The van der Waals surface area contributed by atoms with Crippen molar-refractivity contribution in [3.8, 4) is 0 Å². The molecule has 0 bridgehead atoms. The molecule has 0 spiro atoms. The van der Waals surface area contributed by atoms with Gasteiger partial charge in [0.25, 0.3) is 0 Å². The first-order chi connectivity index (χ1) is 9.33. The fourth-order valence-electron chi connectivity index (χ4n) is 2.57. The van der Waals surface area contributed by atoms with Crippen LogP contribution in [0.2, 0.25) is 0 Å². The third kappa shape index (κ3) is 2.69. The Kier molecular flexibility index (Phi) is 3.84. The van der Waals surface area contributed by atoms with E-state index in [9.17, 15) is 9.59 Å². The van der Waals surface area contributed by atoms with Gasteiger partial charge in [-0.3, -0.25) is 9.59 Å². The van der Waals surface area contributed by atoms with E-state index in [2.05, 4.69) is 24.4 Å². The molecule has 1 aromatic rings. The second-order valence-electron chi connectivity index (χ2n) is 5.97. The number of nitrogens with one attached hydrogen (secondary N) is 1. The summed E-state index contributed by atoms with van der Waals surface area (Å²) in [7, 11) is 0. The summed E-state index contributed by atoms with van der Waals surface area (Å²) in [4.78, 5) is 26.0. The van der Waals surface area contributed by atoms with Gasteiger partial charge in [0, 0.05) is 6.54 Å². The summed E-state index contributed by atoms with van der Waals surface area (Å²) in [6.45, 7) is 7.91. The van der Waals surface area contributed by atoms with Gasteiger partial charge in [0.05, 0.1) is 0 Å². The molecule has 1 heterocycles.